The van der Waals surface area contributed by atoms with Crippen LogP contribution in [0, 0.1) is 0 Å². The molecule has 0 spiro atoms. The lowest BCUT2D eigenvalue weighted by Gasteiger charge is -2.17. The minimum Gasteiger partial charge on any atom is -0.396 e. The Morgan fingerprint density at radius 3 is 2.39 bits per heavy atom. The summed E-state index contributed by atoms with van der Waals surface area (Å²) in [5, 5.41) is 8.80. The van der Waals surface area contributed by atoms with Gasteiger partial charge in [0.15, 0.2) is 0 Å². The summed E-state index contributed by atoms with van der Waals surface area (Å²) in [6, 6.07) is 16.8. The zero-order valence-electron chi connectivity index (χ0n) is 13.1. The second-order valence-corrected chi connectivity index (χ2v) is 8.34. The second-order valence-electron chi connectivity index (χ2n) is 5.15. The Bertz CT molecular complexity index is 718. The molecule has 2 aromatic carbocycles. The molecule has 124 valence electrons. The van der Waals surface area contributed by atoms with Gasteiger partial charge >= 0.3 is 0 Å². The molecule has 0 radical (unpaired) electrons. The molecule has 0 atom stereocenters. The number of unbranched alkanes of at least 4 members (excludes halogenated alkanes) is 1. The predicted octanol–water partition coefficient (Wildman–Crippen LogP) is 3.23. The molecule has 0 aromatic heterocycles. The van der Waals surface area contributed by atoms with E-state index in [9.17, 15) is 8.42 Å². The van der Waals surface area contributed by atoms with E-state index in [4.69, 9.17) is 5.11 Å². The van der Waals surface area contributed by atoms with Gasteiger partial charge in [-0.2, -0.15) is 0 Å². The fourth-order valence-electron chi connectivity index (χ4n) is 2.07. The summed E-state index contributed by atoms with van der Waals surface area (Å²) >= 11 is 1.54. The number of benzene rings is 2. The van der Waals surface area contributed by atoms with Crippen molar-refractivity contribution in [3.63, 3.8) is 0 Å². The van der Waals surface area contributed by atoms with Gasteiger partial charge in [-0.1, -0.05) is 36.0 Å². The number of hydrogen-bond donors (Lipinski definition) is 1. The van der Waals surface area contributed by atoms with Crippen molar-refractivity contribution < 1.29 is 13.5 Å². The predicted molar refractivity (Wildman–Crippen MR) is 93.1 cm³/mol. The molecule has 0 aliphatic rings. The van der Waals surface area contributed by atoms with E-state index in [-0.39, 0.29) is 6.61 Å². The Balaban J connectivity index is 2.14. The van der Waals surface area contributed by atoms with Crippen molar-refractivity contribution >= 4 is 21.8 Å². The van der Waals surface area contributed by atoms with Crippen LogP contribution in [0.1, 0.15) is 12.8 Å². The number of sulfonamides is 1. The van der Waals surface area contributed by atoms with Gasteiger partial charge in [0, 0.05) is 30.0 Å². The Hall–Kier alpha value is -1.34. The number of rotatable bonds is 8. The van der Waals surface area contributed by atoms with Gasteiger partial charge in [-0.05, 0) is 43.2 Å². The van der Waals surface area contributed by atoms with Crippen LogP contribution < -0.4 is 0 Å². The first-order valence-corrected chi connectivity index (χ1v) is 9.70. The van der Waals surface area contributed by atoms with Gasteiger partial charge in [-0.25, -0.2) is 12.7 Å². The summed E-state index contributed by atoms with van der Waals surface area (Å²) in [5.74, 6) is 0. The van der Waals surface area contributed by atoms with Crippen molar-refractivity contribution in [2.75, 3.05) is 20.2 Å². The molecule has 0 fully saturated rings. The van der Waals surface area contributed by atoms with Gasteiger partial charge in [-0.15, -0.1) is 0 Å². The van der Waals surface area contributed by atoms with Gasteiger partial charge in [0.2, 0.25) is 10.0 Å². The Labute approximate surface area is 142 Å². The lowest BCUT2D eigenvalue weighted by atomic mass is 10.3. The maximum atomic E-state index is 12.6. The van der Waals surface area contributed by atoms with Crippen LogP contribution in [0.25, 0.3) is 0 Å². The summed E-state index contributed by atoms with van der Waals surface area (Å²) in [7, 11) is -1.92. The Kier molecular flexibility index (Phi) is 6.65. The van der Waals surface area contributed by atoms with Crippen LogP contribution in [0.3, 0.4) is 0 Å². The second kappa shape index (κ2) is 8.49. The van der Waals surface area contributed by atoms with Crippen molar-refractivity contribution in [3.8, 4) is 0 Å². The largest absolute Gasteiger partial charge is 0.396 e. The molecule has 0 aliphatic carbocycles. The highest BCUT2D eigenvalue weighted by Gasteiger charge is 2.20. The highest BCUT2D eigenvalue weighted by atomic mass is 32.2. The molecule has 6 heteroatoms. The standard InChI is InChI=1S/C17H21NO3S2/c1-18(12-5-6-13-19)23(20,21)17-11-7-10-16(14-17)22-15-8-3-2-4-9-15/h2-4,7-11,14,19H,5-6,12-13H2,1H3. The van der Waals surface area contributed by atoms with Crippen LogP contribution in [0.4, 0.5) is 0 Å². The van der Waals surface area contributed by atoms with Gasteiger partial charge < -0.3 is 5.11 Å². The average Bonchev–Trinajstić information content (AvgIpc) is 2.56. The number of aliphatic hydroxyl groups excluding tert-OH is 1. The maximum Gasteiger partial charge on any atom is 0.242 e. The Morgan fingerprint density at radius 2 is 1.70 bits per heavy atom. The SMILES string of the molecule is CN(CCCCO)S(=O)(=O)c1cccc(Sc2ccccc2)c1. The van der Waals surface area contributed by atoms with Crippen LogP contribution in [0.5, 0.6) is 0 Å². The first-order valence-electron chi connectivity index (χ1n) is 7.44. The zero-order chi connectivity index (χ0) is 16.7. The molecular formula is C17H21NO3S2. The fraction of sp³-hybridized carbons (Fsp3) is 0.294. The van der Waals surface area contributed by atoms with E-state index in [0.717, 1.165) is 9.79 Å². The summed E-state index contributed by atoms with van der Waals surface area (Å²) in [6.07, 6.45) is 1.24. The average molecular weight is 351 g/mol. The van der Waals surface area contributed by atoms with Crippen molar-refractivity contribution in [2.45, 2.75) is 27.5 Å². The molecule has 2 aromatic rings. The molecule has 0 aliphatic heterocycles. The molecule has 0 saturated carbocycles. The minimum absolute atomic E-state index is 0.0804. The first kappa shape index (κ1) is 18.0. The van der Waals surface area contributed by atoms with E-state index in [2.05, 4.69) is 0 Å². The van der Waals surface area contributed by atoms with Crippen LogP contribution in [-0.4, -0.2) is 38.0 Å². The zero-order valence-corrected chi connectivity index (χ0v) is 14.7. The smallest absolute Gasteiger partial charge is 0.242 e. The normalized spacial score (nSPS) is 11.8. The third kappa shape index (κ3) is 5.07. The highest BCUT2D eigenvalue weighted by molar-refractivity contribution is 7.99. The summed E-state index contributed by atoms with van der Waals surface area (Å²) in [6.45, 7) is 0.482. The topological polar surface area (TPSA) is 57.6 Å². The van der Waals surface area contributed by atoms with Gasteiger partial charge in [0.25, 0.3) is 0 Å². The quantitative estimate of drug-likeness (QED) is 0.742. The summed E-state index contributed by atoms with van der Waals surface area (Å²) in [5.41, 5.74) is 0. The van der Waals surface area contributed by atoms with Crippen molar-refractivity contribution in [2.24, 2.45) is 0 Å². The lowest BCUT2D eigenvalue weighted by Crippen LogP contribution is -2.28. The van der Waals surface area contributed by atoms with Crippen LogP contribution in [0.2, 0.25) is 0 Å². The number of hydrogen-bond acceptors (Lipinski definition) is 4. The summed E-state index contributed by atoms with van der Waals surface area (Å²) in [4.78, 5) is 2.25. The maximum absolute atomic E-state index is 12.6. The first-order chi connectivity index (χ1) is 11.0. The van der Waals surface area contributed by atoms with E-state index in [1.165, 1.54) is 16.1 Å². The molecule has 0 heterocycles. The van der Waals surface area contributed by atoms with E-state index < -0.39 is 10.0 Å². The summed E-state index contributed by atoms with van der Waals surface area (Å²) < 4.78 is 26.5. The van der Waals surface area contributed by atoms with E-state index in [1.807, 2.05) is 36.4 Å². The third-order valence-electron chi connectivity index (χ3n) is 3.37. The molecule has 0 unspecified atom stereocenters. The van der Waals surface area contributed by atoms with Crippen LogP contribution >= 0.6 is 11.8 Å². The van der Waals surface area contributed by atoms with Crippen LogP contribution in [-0.2, 0) is 10.0 Å². The molecule has 2 rings (SSSR count). The van der Waals surface area contributed by atoms with Crippen molar-refractivity contribution in [1.29, 1.82) is 0 Å². The van der Waals surface area contributed by atoms with E-state index in [0.29, 0.717) is 24.3 Å². The monoisotopic (exact) mass is 351 g/mol. The van der Waals surface area contributed by atoms with Crippen molar-refractivity contribution in [1.82, 2.24) is 4.31 Å². The van der Waals surface area contributed by atoms with Gasteiger partial charge in [-0.3, -0.25) is 0 Å². The van der Waals surface area contributed by atoms with Gasteiger partial charge in [0.1, 0.15) is 0 Å². The number of aliphatic hydroxyl groups is 1. The molecule has 0 amide bonds. The molecule has 0 bridgehead atoms. The van der Waals surface area contributed by atoms with E-state index in [1.54, 1.807) is 25.2 Å². The minimum atomic E-state index is -3.50. The number of nitrogens with zero attached hydrogens (tertiary/aromatic N) is 1. The molecule has 1 N–H and O–H groups in total. The molecular weight excluding hydrogens is 330 g/mol. The van der Waals surface area contributed by atoms with Gasteiger partial charge in [0.05, 0.1) is 4.90 Å². The molecule has 4 nitrogen and oxygen atoms in total. The third-order valence-corrected chi connectivity index (χ3v) is 6.22. The van der Waals surface area contributed by atoms with E-state index >= 15 is 0 Å². The van der Waals surface area contributed by atoms with Crippen molar-refractivity contribution in [3.05, 3.63) is 54.6 Å². The lowest BCUT2D eigenvalue weighted by molar-refractivity contribution is 0.279. The fourth-order valence-corrected chi connectivity index (χ4v) is 4.30. The molecule has 0 saturated heterocycles. The Morgan fingerprint density at radius 1 is 1.00 bits per heavy atom. The highest BCUT2D eigenvalue weighted by Crippen LogP contribution is 2.29. The van der Waals surface area contributed by atoms with Crippen LogP contribution in [0.15, 0.2) is 69.3 Å². The molecule has 23 heavy (non-hydrogen) atoms.